The van der Waals surface area contributed by atoms with E-state index in [-0.39, 0.29) is 6.09 Å². The van der Waals surface area contributed by atoms with E-state index in [4.69, 9.17) is 4.74 Å². The van der Waals surface area contributed by atoms with Crippen LogP contribution in [0.5, 0.6) is 0 Å². The lowest BCUT2D eigenvalue weighted by Crippen LogP contribution is -2.33. The molecule has 0 atom stereocenters. The van der Waals surface area contributed by atoms with Gasteiger partial charge in [-0.05, 0) is 38.9 Å². The van der Waals surface area contributed by atoms with Gasteiger partial charge in [-0.1, -0.05) is 48.5 Å². The van der Waals surface area contributed by atoms with E-state index in [9.17, 15) is 4.79 Å². The van der Waals surface area contributed by atoms with Crippen LogP contribution < -0.4 is 5.32 Å². The van der Waals surface area contributed by atoms with Gasteiger partial charge in [0.25, 0.3) is 0 Å². The zero-order chi connectivity index (χ0) is 26.7. The number of aromatic nitrogens is 8. The summed E-state index contributed by atoms with van der Waals surface area (Å²) >= 11 is 0. The Bertz CT molecular complexity index is 1230. The van der Waals surface area contributed by atoms with Crippen molar-refractivity contribution in [1.82, 2.24) is 51.0 Å². The Hall–Kier alpha value is -4.45. The number of rotatable bonds is 6. The number of carbonyl (C=O) groups is 1. The minimum absolute atomic E-state index is 0.351. The smallest absolute Gasteiger partial charge is 0.410 e. The van der Waals surface area contributed by atoms with Crippen molar-refractivity contribution in [3.8, 4) is 22.8 Å². The van der Waals surface area contributed by atoms with Gasteiger partial charge in [0.2, 0.25) is 11.6 Å². The average molecular weight is 503 g/mol. The van der Waals surface area contributed by atoms with Gasteiger partial charge >= 0.3 is 6.09 Å². The largest absolute Gasteiger partial charge is 0.444 e. The van der Waals surface area contributed by atoms with E-state index in [1.807, 2.05) is 76.3 Å². The fraction of sp³-hybridized carbons (Fsp3) is 0.320. The Labute approximate surface area is 215 Å². The predicted octanol–water partition coefficient (Wildman–Crippen LogP) is 2.95. The summed E-state index contributed by atoms with van der Waals surface area (Å²) in [6, 6.07) is 15.5. The molecule has 12 nitrogen and oxygen atoms in total. The molecule has 0 aliphatic rings. The number of hydrogen-bond acceptors (Lipinski definition) is 11. The Morgan fingerprint density at radius 2 is 1.22 bits per heavy atom. The third kappa shape index (κ3) is 8.93. The lowest BCUT2D eigenvalue weighted by atomic mass is 10.1. The second-order valence-electron chi connectivity index (χ2n) is 9.00. The maximum Gasteiger partial charge on any atom is 0.410 e. The van der Waals surface area contributed by atoms with Crippen molar-refractivity contribution in [2.45, 2.75) is 39.5 Å². The Morgan fingerprint density at radius 3 is 1.62 bits per heavy atom. The Kier molecular flexibility index (Phi) is 9.55. The van der Waals surface area contributed by atoms with Crippen LogP contribution in [-0.2, 0) is 17.8 Å². The molecule has 192 valence electrons. The van der Waals surface area contributed by atoms with E-state index in [2.05, 4.69) is 46.1 Å². The molecule has 1 N–H and O–H groups in total. The molecule has 2 aromatic heterocycles. The van der Waals surface area contributed by atoms with E-state index < -0.39 is 5.60 Å². The van der Waals surface area contributed by atoms with Crippen LogP contribution in [0.15, 0.2) is 61.2 Å². The quantitative estimate of drug-likeness (QED) is 0.415. The Balaban J connectivity index is 0.000000220. The third-order valence-electron chi connectivity index (χ3n) is 4.75. The molecule has 2 aromatic carbocycles. The standard InChI is InChI=1S/C15H19N5O2.C10H11N5/c1-15(2,3)22-14(21)20(4)9-11-5-7-12(8-6-11)13-18-16-10-17-19-13;1-11-6-8-2-4-9(5-3-8)10-14-12-7-13-15-10/h5-8,10H,9H2,1-4H3;2-5,7,11H,6H2,1H3. The van der Waals surface area contributed by atoms with Crippen LogP contribution in [0.25, 0.3) is 22.8 Å². The normalized spacial score (nSPS) is 10.7. The Morgan fingerprint density at radius 1 is 0.784 bits per heavy atom. The fourth-order valence-electron chi connectivity index (χ4n) is 3.05. The SMILES string of the molecule is CN(Cc1ccc(-c2nncnn2)cc1)C(=O)OC(C)(C)C.CNCc1ccc(-c2nncnn2)cc1. The molecule has 4 rings (SSSR count). The van der Waals surface area contributed by atoms with Gasteiger partial charge in [0, 0.05) is 31.3 Å². The van der Waals surface area contributed by atoms with Gasteiger partial charge in [-0.3, -0.25) is 0 Å². The highest BCUT2D eigenvalue weighted by Gasteiger charge is 2.19. The number of nitrogens with zero attached hydrogens (tertiary/aromatic N) is 9. The lowest BCUT2D eigenvalue weighted by molar-refractivity contribution is 0.0285. The second kappa shape index (κ2) is 13.0. The molecule has 0 fully saturated rings. The number of hydrogen-bond donors (Lipinski definition) is 1. The summed E-state index contributed by atoms with van der Waals surface area (Å²) in [6.07, 6.45) is 2.25. The predicted molar refractivity (Wildman–Crippen MR) is 137 cm³/mol. The number of ether oxygens (including phenoxy) is 1. The summed E-state index contributed by atoms with van der Waals surface area (Å²) in [5.41, 5.74) is 3.45. The maximum absolute atomic E-state index is 11.9. The summed E-state index contributed by atoms with van der Waals surface area (Å²) in [5.74, 6) is 1.02. The first-order valence-electron chi connectivity index (χ1n) is 11.5. The van der Waals surface area contributed by atoms with Crippen LogP contribution in [0.3, 0.4) is 0 Å². The van der Waals surface area contributed by atoms with Gasteiger partial charge in [0.1, 0.15) is 5.60 Å². The van der Waals surface area contributed by atoms with Gasteiger partial charge < -0.3 is 15.0 Å². The third-order valence-corrected chi connectivity index (χ3v) is 4.75. The number of carbonyl (C=O) groups excluding carboxylic acids is 1. The minimum atomic E-state index is -0.500. The van der Waals surface area contributed by atoms with E-state index in [0.717, 1.165) is 23.2 Å². The molecule has 0 saturated carbocycles. The topological polar surface area (TPSA) is 145 Å². The van der Waals surface area contributed by atoms with E-state index in [0.29, 0.717) is 18.2 Å². The van der Waals surface area contributed by atoms with Crippen LogP contribution in [0.2, 0.25) is 0 Å². The molecule has 1 amide bonds. The first kappa shape index (κ1) is 27.1. The molecular formula is C25H30N10O2. The van der Waals surface area contributed by atoms with Crippen LogP contribution >= 0.6 is 0 Å². The maximum atomic E-state index is 11.9. The second-order valence-corrected chi connectivity index (χ2v) is 9.00. The van der Waals surface area contributed by atoms with E-state index in [1.54, 1.807) is 7.05 Å². The fourth-order valence-corrected chi connectivity index (χ4v) is 3.05. The molecule has 12 heteroatoms. The first-order valence-corrected chi connectivity index (χ1v) is 11.5. The van der Waals surface area contributed by atoms with Crippen molar-refractivity contribution >= 4 is 6.09 Å². The molecule has 0 unspecified atom stereocenters. The molecule has 0 aliphatic heterocycles. The number of amides is 1. The monoisotopic (exact) mass is 502 g/mol. The van der Waals surface area contributed by atoms with Crippen molar-refractivity contribution < 1.29 is 9.53 Å². The van der Waals surface area contributed by atoms with Gasteiger partial charge in [0.15, 0.2) is 12.7 Å². The van der Waals surface area contributed by atoms with Crippen LogP contribution in [0.1, 0.15) is 31.9 Å². The number of benzene rings is 2. The zero-order valence-corrected chi connectivity index (χ0v) is 21.5. The molecule has 0 bridgehead atoms. The average Bonchev–Trinajstić information content (AvgIpc) is 2.90. The lowest BCUT2D eigenvalue weighted by Gasteiger charge is -2.24. The molecule has 0 aliphatic carbocycles. The molecule has 0 radical (unpaired) electrons. The highest BCUT2D eigenvalue weighted by atomic mass is 16.6. The van der Waals surface area contributed by atoms with Crippen LogP contribution in [0.4, 0.5) is 4.79 Å². The molecule has 4 aromatic rings. The molecule has 0 spiro atoms. The molecular weight excluding hydrogens is 472 g/mol. The summed E-state index contributed by atoms with van der Waals surface area (Å²) in [5, 5.41) is 33.4. The highest BCUT2D eigenvalue weighted by molar-refractivity contribution is 5.67. The zero-order valence-electron chi connectivity index (χ0n) is 21.5. The van der Waals surface area contributed by atoms with Gasteiger partial charge in [-0.15, -0.1) is 40.8 Å². The van der Waals surface area contributed by atoms with Gasteiger partial charge in [-0.25, -0.2) is 4.79 Å². The van der Waals surface area contributed by atoms with Crippen molar-refractivity contribution in [1.29, 1.82) is 0 Å². The highest BCUT2D eigenvalue weighted by Crippen LogP contribution is 2.16. The summed E-state index contributed by atoms with van der Waals surface area (Å²) in [7, 11) is 3.62. The van der Waals surface area contributed by atoms with Crippen molar-refractivity contribution in [3.63, 3.8) is 0 Å². The van der Waals surface area contributed by atoms with Crippen molar-refractivity contribution in [2.75, 3.05) is 14.1 Å². The van der Waals surface area contributed by atoms with Gasteiger partial charge in [-0.2, -0.15) is 0 Å². The minimum Gasteiger partial charge on any atom is -0.444 e. The van der Waals surface area contributed by atoms with Crippen LogP contribution in [0, 0.1) is 0 Å². The van der Waals surface area contributed by atoms with Crippen molar-refractivity contribution in [3.05, 3.63) is 72.3 Å². The van der Waals surface area contributed by atoms with Gasteiger partial charge in [0.05, 0.1) is 0 Å². The summed E-state index contributed by atoms with van der Waals surface area (Å²) in [6.45, 7) is 6.84. The van der Waals surface area contributed by atoms with E-state index >= 15 is 0 Å². The summed E-state index contributed by atoms with van der Waals surface area (Å²) < 4.78 is 5.32. The molecule has 37 heavy (non-hydrogen) atoms. The van der Waals surface area contributed by atoms with Crippen LogP contribution in [-0.4, -0.2) is 71.5 Å². The first-order chi connectivity index (χ1) is 17.7. The van der Waals surface area contributed by atoms with Crippen molar-refractivity contribution in [2.24, 2.45) is 0 Å². The molecule has 0 saturated heterocycles. The summed E-state index contributed by atoms with van der Waals surface area (Å²) in [4.78, 5) is 13.4. The van der Waals surface area contributed by atoms with E-state index in [1.165, 1.54) is 23.1 Å². The number of nitrogens with one attached hydrogen (secondary N) is 1. The molecule has 2 heterocycles.